The Labute approximate surface area is 146 Å². The van der Waals surface area contributed by atoms with Gasteiger partial charge in [-0.05, 0) is 18.6 Å². The van der Waals surface area contributed by atoms with Crippen molar-refractivity contribution < 1.29 is 17.9 Å². The molecule has 0 atom stereocenters. The number of rotatable bonds is 9. The fourth-order valence-corrected chi connectivity index (χ4v) is 3.25. The van der Waals surface area contributed by atoms with Crippen LogP contribution in [0.4, 0.5) is 5.69 Å². The number of halogens is 2. The Morgan fingerprint density at radius 3 is 2.39 bits per heavy atom. The number of carbonyl (C=O) groups excluding carboxylic acids is 1. The van der Waals surface area contributed by atoms with Crippen LogP contribution in [-0.2, 0) is 19.6 Å². The molecule has 0 aromatic heterocycles. The zero-order valence-electron chi connectivity index (χ0n) is 13.0. The molecule has 0 unspecified atom stereocenters. The van der Waals surface area contributed by atoms with Crippen LogP contribution in [0, 0.1) is 0 Å². The molecule has 23 heavy (non-hydrogen) atoms. The van der Waals surface area contributed by atoms with Crippen LogP contribution in [0.3, 0.4) is 0 Å². The number of nitrogens with zero attached hydrogens (tertiary/aromatic N) is 1. The van der Waals surface area contributed by atoms with Crippen LogP contribution in [0.5, 0.6) is 0 Å². The summed E-state index contributed by atoms with van der Waals surface area (Å²) >= 11 is 11.9. The van der Waals surface area contributed by atoms with E-state index < -0.39 is 10.0 Å². The predicted molar refractivity (Wildman–Crippen MR) is 92.6 cm³/mol. The van der Waals surface area contributed by atoms with Crippen molar-refractivity contribution in [1.82, 2.24) is 4.31 Å². The lowest BCUT2D eigenvalue weighted by molar-refractivity contribution is -0.116. The molecule has 0 aliphatic carbocycles. The average Bonchev–Trinajstić information content (AvgIpc) is 2.45. The van der Waals surface area contributed by atoms with Crippen molar-refractivity contribution in [3.05, 3.63) is 28.2 Å². The largest absolute Gasteiger partial charge is 0.385 e. The Morgan fingerprint density at radius 1 is 1.26 bits per heavy atom. The summed E-state index contributed by atoms with van der Waals surface area (Å²) in [7, 11) is -1.84. The summed E-state index contributed by atoms with van der Waals surface area (Å²) in [5.74, 6) is -0.361. The Hall–Kier alpha value is -0.860. The molecule has 1 N–H and O–H groups in total. The molecule has 0 saturated carbocycles. The first-order chi connectivity index (χ1) is 10.8. The maximum atomic E-state index is 12.0. The van der Waals surface area contributed by atoms with Gasteiger partial charge < -0.3 is 10.1 Å². The average molecular weight is 383 g/mol. The number of hydrogen-bond acceptors (Lipinski definition) is 4. The fourth-order valence-electron chi connectivity index (χ4n) is 1.87. The number of methoxy groups -OCH3 is 1. The molecule has 1 aromatic carbocycles. The maximum absolute atomic E-state index is 12.0. The number of benzene rings is 1. The Bertz CT molecular complexity index is 617. The first-order valence-electron chi connectivity index (χ1n) is 6.93. The number of carbonyl (C=O) groups is 1. The van der Waals surface area contributed by atoms with Crippen molar-refractivity contribution in [2.24, 2.45) is 0 Å². The third-order valence-corrected chi connectivity index (χ3v) is 4.97. The van der Waals surface area contributed by atoms with E-state index in [4.69, 9.17) is 27.9 Å². The summed E-state index contributed by atoms with van der Waals surface area (Å²) in [6.07, 6.45) is 1.67. The zero-order chi connectivity index (χ0) is 17.5. The molecule has 0 radical (unpaired) electrons. The van der Waals surface area contributed by atoms with E-state index in [0.29, 0.717) is 35.3 Å². The van der Waals surface area contributed by atoms with Gasteiger partial charge in [0.25, 0.3) is 0 Å². The van der Waals surface area contributed by atoms with Crippen LogP contribution in [-0.4, -0.2) is 51.7 Å². The van der Waals surface area contributed by atoms with Gasteiger partial charge in [0, 0.05) is 33.2 Å². The topological polar surface area (TPSA) is 75.7 Å². The van der Waals surface area contributed by atoms with Gasteiger partial charge in [-0.1, -0.05) is 29.3 Å². The van der Waals surface area contributed by atoms with Crippen LogP contribution in [0.1, 0.15) is 12.8 Å². The first-order valence-corrected chi connectivity index (χ1v) is 9.54. The molecule has 9 heteroatoms. The quantitative estimate of drug-likeness (QED) is 0.666. The van der Waals surface area contributed by atoms with E-state index >= 15 is 0 Å². The third kappa shape index (κ3) is 7.05. The molecule has 6 nitrogen and oxygen atoms in total. The third-order valence-electron chi connectivity index (χ3n) is 3.04. The van der Waals surface area contributed by atoms with Gasteiger partial charge in [-0.2, -0.15) is 0 Å². The van der Waals surface area contributed by atoms with Crippen molar-refractivity contribution in [3.8, 4) is 0 Å². The molecule has 0 saturated heterocycles. The Kier molecular flexibility index (Phi) is 8.28. The Balaban J connectivity index is 2.61. The van der Waals surface area contributed by atoms with Gasteiger partial charge in [0.05, 0.1) is 22.0 Å². The second-order valence-corrected chi connectivity index (χ2v) is 7.70. The zero-order valence-corrected chi connectivity index (χ0v) is 15.3. The molecular formula is C14H20Cl2N2O4S. The molecular weight excluding hydrogens is 363 g/mol. The highest BCUT2D eigenvalue weighted by Crippen LogP contribution is 2.29. The summed E-state index contributed by atoms with van der Waals surface area (Å²) in [5, 5.41) is 3.25. The van der Waals surface area contributed by atoms with Gasteiger partial charge >= 0.3 is 0 Å². The van der Waals surface area contributed by atoms with Gasteiger partial charge in [0.2, 0.25) is 15.9 Å². The fraction of sp³-hybridized carbons (Fsp3) is 0.500. The molecule has 130 valence electrons. The first kappa shape index (κ1) is 20.2. The summed E-state index contributed by atoms with van der Waals surface area (Å²) in [5.41, 5.74) is 0.325. The summed E-state index contributed by atoms with van der Waals surface area (Å²) in [6.45, 7) is 0.830. The standard InChI is InChI=1S/C14H20Cl2N2O4S/c1-22-10-4-8-18(23(2,20)21)9-7-13(19)17-14-11(15)5-3-6-12(14)16/h3,5-6H,4,7-10H2,1-2H3,(H,17,19). The van der Waals surface area contributed by atoms with Crippen molar-refractivity contribution >= 4 is 44.8 Å². The summed E-state index contributed by atoms with van der Waals surface area (Å²) in [4.78, 5) is 12.0. The second-order valence-electron chi connectivity index (χ2n) is 4.90. The molecule has 0 spiro atoms. The minimum Gasteiger partial charge on any atom is -0.385 e. The molecule has 0 heterocycles. The Morgan fingerprint density at radius 2 is 1.87 bits per heavy atom. The molecule has 1 amide bonds. The van der Waals surface area contributed by atoms with Crippen molar-refractivity contribution in [3.63, 3.8) is 0 Å². The van der Waals surface area contributed by atoms with E-state index in [2.05, 4.69) is 5.32 Å². The van der Waals surface area contributed by atoms with Crippen molar-refractivity contribution in [1.29, 1.82) is 0 Å². The lowest BCUT2D eigenvalue weighted by Gasteiger charge is -2.19. The summed E-state index contributed by atoms with van der Waals surface area (Å²) in [6, 6.07) is 4.88. The monoisotopic (exact) mass is 382 g/mol. The van der Waals surface area contributed by atoms with Gasteiger partial charge in [0.1, 0.15) is 0 Å². The molecule has 1 rings (SSSR count). The van der Waals surface area contributed by atoms with Crippen LogP contribution >= 0.6 is 23.2 Å². The lowest BCUT2D eigenvalue weighted by Crippen LogP contribution is -2.34. The van der Waals surface area contributed by atoms with E-state index in [1.54, 1.807) is 25.3 Å². The van der Waals surface area contributed by atoms with E-state index in [0.717, 1.165) is 6.26 Å². The van der Waals surface area contributed by atoms with Crippen LogP contribution in [0.15, 0.2) is 18.2 Å². The molecule has 0 aliphatic rings. The number of ether oxygens (including phenoxy) is 1. The minimum absolute atomic E-state index is 0.00159. The molecule has 0 aliphatic heterocycles. The van der Waals surface area contributed by atoms with E-state index in [1.807, 2.05) is 0 Å². The van der Waals surface area contributed by atoms with Crippen LogP contribution < -0.4 is 5.32 Å². The van der Waals surface area contributed by atoms with Gasteiger partial charge in [-0.15, -0.1) is 0 Å². The number of anilines is 1. The van der Waals surface area contributed by atoms with Crippen LogP contribution in [0.2, 0.25) is 10.0 Å². The normalized spacial score (nSPS) is 11.7. The number of amides is 1. The SMILES string of the molecule is COCCCN(CCC(=O)Nc1c(Cl)cccc1Cl)S(C)(=O)=O. The van der Waals surface area contributed by atoms with Gasteiger partial charge in [-0.25, -0.2) is 12.7 Å². The minimum atomic E-state index is -3.38. The smallest absolute Gasteiger partial charge is 0.225 e. The van der Waals surface area contributed by atoms with E-state index in [-0.39, 0.29) is 18.9 Å². The number of nitrogens with one attached hydrogen (secondary N) is 1. The number of hydrogen-bond donors (Lipinski definition) is 1. The maximum Gasteiger partial charge on any atom is 0.225 e. The number of para-hydroxylation sites is 1. The van der Waals surface area contributed by atoms with E-state index in [1.165, 1.54) is 4.31 Å². The second kappa shape index (κ2) is 9.44. The van der Waals surface area contributed by atoms with Gasteiger partial charge in [0.15, 0.2) is 0 Å². The summed E-state index contributed by atoms with van der Waals surface area (Å²) < 4.78 is 29.6. The number of sulfonamides is 1. The molecule has 1 aromatic rings. The molecule has 0 bridgehead atoms. The predicted octanol–water partition coefficient (Wildman–Crippen LogP) is 2.62. The van der Waals surface area contributed by atoms with Gasteiger partial charge in [-0.3, -0.25) is 4.79 Å². The molecule has 0 fully saturated rings. The van der Waals surface area contributed by atoms with Crippen LogP contribution in [0.25, 0.3) is 0 Å². The lowest BCUT2D eigenvalue weighted by atomic mass is 10.3. The highest BCUT2D eigenvalue weighted by Gasteiger charge is 2.18. The van der Waals surface area contributed by atoms with Crippen molar-refractivity contribution in [2.45, 2.75) is 12.8 Å². The van der Waals surface area contributed by atoms with E-state index in [9.17, 15) is 13.2 Å². The van der Waals surface area contributed by atoms with Crippen molar-refractivity contribution in [2.75, 3.05) is 38.4 Å². The highest BCUT2D eigenvalue weighted by atomic mass is 35.5. The highest BCUT2D eigenvalue weighted by molar-refractivity contribution is 7.88.